The molecule has 3 heteroatoms. The molecule has 0 saturated heterocycles. The molecule has 2 aromatic rings. The van der Waals surface area contributed by atoms with E-state index < -0.39 is 0 Å². The summed E-state index contributed by atoms with van der Waals surface area (Å²) in [5, 5.41) is 3.26. The zero-order valence-corrected chi connectivity index (χ0v) is 12.8. The Kier molecular flexibility index (Phi) is 5.34. The van der Waals surface area contributed by atoms with Crippen LogP contribution in [0.4, 0.5) is 4.39 Å². The van der Waals surface area contributed by atoms with Gasteiger partial charge in [0.15, 0.2) is 11.6 Å². The normalized spacial score (nSPS) is 10.9. The molecule has 0 unspecified atom stereocenters. The van der Waals surface area contributed by atoms with Crippen molar-refractivity contribution < 1.29 is 9.13 Å². The van der Waals surface area contributed by atoms with Gasteiger partial charge in [-0.3, -0.25) is 0 Å². The molecule has 0 aliphatic rings. The van der Waals surface area contributed by atoms with Crippen LogP contribution in [0.15, 0.2) is 42.5 Å². The van der Waals surface area contributed by atoms with Crippen LogP contribution in [0.3, 0.4) is 0 Å². The van der Waals surface area contributed by atoms with E-state index in [2.05, 4.69) is 26.1 Å². The summed E-state index contributed by atoms with van der Waals surface area (Å²) in [6, 6.07) is 13.2. The van der Waals surface area contributed by atoms with Crippen molar-refractivity contribution in [3.8, 4) is 11.5 Å². The number of aryl methyl sites for hydroxylation is 1. The first-order chi connectivity index (χ1) is 10.1. The molecule has 1 N–H and O–H groups in total. The lowest BCUT2D eigenvalue weighted by molar-refractivity contribution is 0.441. The fourth-order valence-electron chi connectivity index (χ4n) is 1.98. The summed E-state index contributed by atoms with van der Waals surface area (Å²) in [4.78, 5) is 0. The van der Waals surface area contributed by atoms with Crippen molar-refractivity contribution >= 4 is 0 Å². The fourth-order valence-corrected chi connectivity index (χ4v) is 1.98. The largest absolute Gasteiger partial charge is 0.454 e. The van der Waals surface area contributed by atoms with Crippen molar-refractivity contribution in [2.75, 3.05) is 0 Å². The van der Waals surface area contributed by atoms with Gasteiger partial charge in [-0.1, -0.05) is 39.0 Å². The van der Waals surface area contributed by atoms with Crippen LogP contribution >= 0.6 is 0 Å². The second-order valence-electron chi connectivity index (χ2n) is 5.40. The molecule has 21 heavy (non-hydrogen) atoms. The van der Waals surface area contributed by atoms with Crippen molar-refractivity contribution in [3.63, 3.8) is 0 Å². The third-order valence-corrected chi connectivity index (χ3v) is 3.27. The van der Waals surface area contributed by atoms with E-state index in [-0.39, 0.29) is 11.6 Å². The standard InChI is InChI=1S/C18H22FNO/c1-4-14-5-8-16(9-6-14)21-18-10-7-15(11-17(18)19)12-20-13(2)3/h5-11,13,20H,4,12H2,1-3H3. The second-order valence-corrected chi connectivity index (χ2v) is 5.40. The van der Waals surface area contributed by atoms with Crippen molar-refractivity contribution in [1.29, 1.82) is 0 Å². The minimum absolute atomic E-state index is 0.257. The van der Waals surface area contributed by atoms with Crippen molar-refractivity contribution in [2.45, 2.75) is 39.8 Å². The fraction of sp³-hybridized carbons (Fsp3) is 0.333. The van der Waals surface area contributed by atoms with Gasteiger partial charge in [-0.2, -0.15) is 0 Å². The molecular formula is C18H22FNO. The first kappa shape index (κ1) is 15.5. The van der Waals surface area contributed by atoms with Gasteiger partial charge in [0, 0.05) is 12.6 Å². The van der Waals surface area contributed by atoms with Gasteiger partial charge in [-0.05, 0) is 41.8 Å². The molecule has 0 atom stereocenters. The Labute approximate surface area is 126 Å². The molecule has 2 nitrogen and oxygen atoms in total. The highest BCUT2D eigenvalue weighted by molar-refractivity contribution is 5.35. The molecule has 0 spiro atoms. The summed E-state index contributed by atoms with van der Waals surface area (Å²) < 4.78 is 19.6. The minimum Gasteiger partial charge on any atom is -0.454 e. The number of nitrogens with one attached hydrogen (secondary N) is 1. The molecule has 0 amide bonds. The van der Waals surface area contributed by atoms with Gasteiger partial charge in [-0.25, -0.2) is 4.39 Å². The third-order valence-electron chi connectivity index (χ3n) is 3.27. The van der Waals surface area contributed by atoms with Gasteiger partial charge in [0.25, 0.3) is 0 Å². The number of rotatable bonds is 6. The Morgan fingerprint density at radius 1 is 1.05 bits per heavy atom. The average molecular weight is 287 g/mol. The molecule has 0 heterocycles. The predicted octanol–water partition coefficient (Wildman–Crippen LogP) is 4.68. The SMILES string of the molecule is CCc1ccc(Oc2ccc(CNC(C)C)cc2F)cc1. The minimum atomic E-state index is -0.336. The number of hydrogen-bond acceptors (Lipinski definition) is 2. The molecule has 2 aromatic carbocycles. The Balaban J connectivity index is 2.06. The highest BCUT2D eigenvalue weighted by Gasteiger charge is 2.06. The van der Waals surface area contributed by atoms with Crippen LogP contribution in [-0.4, -0.2) is 6.04 Å². The highest BCUT2D eigenvalue weighted by atomic mass is 19.1. The molecule has 0 saturated carbocycles. The third kappa shape index (κ3) is 4.57. The molecule has 0 bridgehead atoms. The predicted molar refractivity (Wildman–Crippen MR) is 84.3 cm³/mol. The number of benzene rings is 2. The van der Waals surface area contributed by atoms with E-state index in [1.165, 1.54) is 11.6 Å². The van der Waals surface area contributed by atoms with Crippen LogP contribution < -0.4 is 10.1 Å². The first-order valence-electron chi connectivity index (χ1n) is 7.37. The summed E-state index contributed by atoms with van der Waals surface area (Å²) in [6.07, 6.45) is 0.978. The highest BCUT2D eigenvalue weighted by Crippen LogP contribution is 2.25. The molecule has 2 rings (SSSR count). The maximum atomic E-state index is 14.1. The van der Waals surface area contributed by atoms with Gasteiger partial charge < -0.3 is 10.1 Å². The quantitative estimate of drug-likeness (QED) is 0.833. The van der Waals surface area contributed by atoms with Crippen molar-refractivity contribution in [3.05, 3.63) is 59.4 Å². The molecule has 0 aromatic heterocycles. The number of hydrogen-bond donors (Lipinski definition) is 1. The molecule has 0 radical (unpaired) electrons. The molecule has 0 aliphatic heterocycles. The maximum Gasteiger partial charge on any atom is 0.166 e. The lowest BCUT2D eigenvalue weighted by Crippen LogP contribution is -2.21. The van der Waals surface area contributed by atoms with Gasteiger partial charge >= 0.3 is 0 Å². The molecule has 0 aliphatic carbocycles. The number of halogens is 1. The summed E-state index contributed by atoms with van der Waals surface area (Å²) in [5.74, 6) is 0.573. The van der Waals surface area contributed by atoms with E-state index in [1.54, 1.807) is 6.07 Å². The Morgan fingerprint density at radius 2 is 1.71 bits per heavy atom. The second kappa shape index (κ2) is 7.23. The monoisotopic (exact) mass is 287 g/mol. The Bertz CT molecular complexity index is 578. The van der Waals surface area contributed by atoms with Gasteiger partial charge in [0.2, 0.25) is 0 Å². The van der Waals surface area contributed by atoms with E-state index in [4.69, 9.17) is 4.74 Å². The van der Waals surface area contributed by atoms with Crippen LogP contribution in [0.2, 0.25) is 0 Å². The summed E-state index contributed by atoms with van der Waals surface area (Å²) in [5.41, 5.74) is 2.15. The number of ether oxygens (including phenoxy) is 1. The zero-order chi connectivity index (χ0) is 15.2. The van der Waals surface area contributed by atoms with Gasteiger partial charge in [0.05, 0.1) is 0 Å². The Hall–Kier alpha value is -1.87. The van der Waals surface area contributed by atoms with E-state index in [0.717, 1.165) is 12.0 Å². The van der Waals surface area contributed by atoms with Crippen LogP contribution in [0.1, 0.15) is 31.9 Å². The lowest BCUT2D eigenvalue weighted by Gasteiger charge is -2.11. The molecular weight excluding hydrogens is 265 g/mol. The van der Waals surface area contributed by atoms with E-state index >= 15 is 0 Å². The van der Waals surface area contributed by atoms with Crippen LogP contribution in [0.25, 0.3) is 0 Å². The van der Waals surface area contributed by atoms with E-state index in [1.807, 2.05) is 30.3 Å². The van der Waals surface area contributed by atoms with E-state index in [0.29, 0.717) is 18.3 Å². The molecule has 0 fully saturated rings. The smallest absolute Gasteiger partial charge is 0.166 e. The van der Waals surface area contributed by atoms with Crippen molar-refractivity contribution in [1.82, 2.24) is 5.32 Å². The first-order valence-corrected chi connectivity index (χ1v) is 7.37. The average Bonchev–Trinajstić information content (AvgIpc) is 2.48. The van der Waals surface area contributed by atoms with Crippen LogP contribution in [0.5, 0.6) is 11.5 Å². The van der Waals surface area contributed by atoms with Crippen LogP contribution in [0, 0.1) is 5.82 Å². The molecule has 112 valence electrons. The summed E-state index contributed by atoms with van der Waals surface area (Å²) >= 11 is 0. The summed E-state index contributed by atoms with van der Waals surface area (Å²) in [6.45, 7) is 6.88. The lowest BCUT2D eigenvalue weighted by atomic mass is 10.1. The Morgan fingerprint density at radius 3 is 2.29 bits per heavy atom. The topological polar surface area (TPSA) is 21.3 Å². The summed E-state index contributed by atoms with van der Waals surface area (Å²) in [7, 11) is 0. The maximum absolute atomic E-state index is 14.1. The van der Waals surface area contributed by atoms with E-state index in [9.17, 15) is 4.39 Å². The van der Waals surface area contributed by atoms with Gasteiger partial charge in [0.1, 0.15) is 5.75 Å². The van der Waals surface area contributed by atoms with Crippen LogP contribution in [-0.2, 0) is 13.0 Å². The zero-order valence-electron chi connectivity index (χ0n) is 12.8. The van der Waals surface area contributed by atoms with Gasteiger partial charge in [-0.15, -0.1) is 0 Å². The van der Waals surface area contributed by atoms with Crippen molar-refractivity contribution in [2.24, 2.45) is 0 Å².